The van der Waals surface area contributed by atoms with E-state index in [4.69, 9.17) is 16.3 Å². The van der Waals surface area contributed by atoms with Gasteiger partial charge in [0.15, 0.2) is 0 Å². The van der Waals surface area contributed by atoms with Crippen LogP contribution in [0, 0.1) is 5.92 Å². The fraction of sp³-hybridized carbons (Fsp3) is 0.263. The van der Waals surface area contributed by atoms with Gasteiger partial charge in [0.25, 0.3) is 0 Å². The second-order valence-electron chi connectivity index (χ2n) is 6.15. The summed E-state index contributed by atoms with van der Waals surface area (Å²) >= 11 is 6.00. The average Bonchev–Trinajstić information content (AvgIpc) is 3.35. The number of methoxy groups -OCH3 is 1. The maximum absolute atomic E-state index is 12.5. The third-order valence-electron chi connectivity index (χ3n) is 4.22. The highest BCUT2D eigenvalue weighted by Crippen LogP contribution is 2.48. The Bertz CT molecular complexity index is 821. The highest BCUT2D eigenvalue weighted by Gasteiger charge is 2.44. The lowest BCUT2D eigenvalue weighted by Crippen LogP contribution is -2.15. The highest BCUT2D eigenvalue weighted by molar-refractivity contribution is 6.30. The first kappa shape index (κ1) is 17.5. The Morgan fingerprint density at radius 3 is 2.76 bits per heavy atom. The van der Waals surface area contributed by atoms with Crippen LogP contribution in [0.4, 0.5) is 5.69 Å². The normalized spacial score (nSPS) is 18.6. The molecule has 0 aliphatic heterocycles. The summed E-state index contributed by atoms with van der Waals surface area (Å²) < 4.78 is 5.05. The van der Waals surface area contributed by atoms with Crippen molar-refractivity contribution in [2.24, 2.45) is 5.92 Å². The van der Waals surface area contributed by atoms with Gasteiger partial charge in [0, 0.05) is 23.7 Å². The van der Waals surface area contributed by atoms with E-state index in [0.717, 1.165) is 12.0 Å². The summed E-state index contributed by atoms with van der Waals surface area (Å²) in [7, 11) is 1.53. The molecule has 5 nitrogen and oxygen atoms in total. The quantitative estimate of drug-likeness (QED) is 0.819. The minimum Gasteiger partial charge on any atom is -0.478 e. The fourth-order valence-corrected chi connectivity index (χ4v) is 3.16. The number of hydrogen-bond acceptors (Lipinski definition) is 3. The zero-order chi connectivity index (χ0) is 18.0. The molecule has 2 atom stereocenters. The number of ether oxygens (including phenoxy) is 1. The number of carbonyl (C=O) groups excluding carboxylic acids is 1. The first-order chi connectivity index (χ1) is 12.0. The van der Waals surface area contributed by atoms with Gasteiger partial charge in [0.1, 0.15) is 0 Å². The number of rotatable bonds is 6. The van der Waals surface area contributed by atoms with Gasteiger partial charge in [-0.05, 0) is 53.8 Å². The Balaban J connectivity index is 1.72. The third-order valence-corrected chi connectivity index (χ3v) is 4.46. The van der Waals surface area contributed by atoms with Crippen molar-refractivity contribution in [1.29, 1.82) is 0 Å². The van der Waals surface area contributed by atoms with Crippen molar-refractivity contribution < 1.29 is 19.4 Å². The van der Waals surface area contributed by atoms with E-state index < -0.39 is 5.97 Å². The van der Waals surface area contributed by atoms with Gasteiger partial charge >= 0.3 is 5.97 Å². The summed E-state index contributed by atoms with van der Waals surface area (Å²) in [5.74, 6) is -1.13. The number of halogens is 1. The van der Waals surface area contributed by atoms with Crippen molar-refractivity contribution in [3.05, 3.63) is 64.2 Å². The van der Waals surface area contributed by atoms with E-state index >= 15 is 0 Å². The first-order valence-corrected chi connectivity index (χ1v) is 8.28. The fourth-order valence-electron chi connectivity index (χ4n) is 2.96. The SMILES string of the molecule is COCc1cc(NC(=O)C2CC2c2cccc(Cl)c2)cc(C(=O)O)c1. The molecule has 0 heterocycles. The number of carboxylic acids is 1. The van der Waals surface area contributed by atoms with Crippen molar-refractivity contribution >= 4 is 29.2 Å². The molecule has 6 heteroatoms. The molecule has 0 bridgehead atoms. The van der Waals surface area contributed by atoms with Gasteiger partial charge in [0.2, 0.25) is 5.91 Å². The molecule has 1 fully saturated rings. The topological polar surface area (TPSA) is 75.6 Å². The van der Waals surface area contributed by atoms with Crippen LogP contribution >= 0.6 is 11.6 Å². The molecule has 3 rings (SSSR count). The second-order valence-corrected chi connectivity index (χ2v) is 6.59. The van der Waals surface area contributed by atoms with Crippen LogP contribution in [-0.4, -0.2) is 24.1 Å². The van der Waals surface area contributed by atoms with E-state index in [1.165, 1.54) is 19.2 Å². The van der Waals surface area contributed by atoms with E-state index in [0.29, 0.717) is 16.3 Å². The molecule has 2 aromatic rings. The Morgan fingerprint density at radius 1 is 1.28 bits per heavy atom. The van der Waals surface area contributed by atoms with Gasteiger partial charge in [-0.15, -0.1) is 0 Å². The average molecular weight is 360 g/mol. The van der Waals surface area contributed by atoms with Crippen molar-refractivity contribution in [3.8, 4) is 0 Å². The standard InChI is InChI=1S/C19H18ClNO4/c1-25-10-11-5-13(19(23)24)8-15(6-11)21-18(22)17-9-16(17)12-3-2-4-14(20)7-12/h2-8,16-17H,9-10H2,1H3,(H,21,22)(H,23,24). The van der Waals surface area contributed by atoms with Crippen molar-refractivity contribution in [2.75, 3.05) is 12.4 Å². The van der Waals surface area contributed by atoms with E-state index in [-0.39, 0.29) is 29.9 Å². The molecule has 25 heavy (non-hydrogen) atoms. The lowest BCUT2D eigenvalue weighted by Gasteiger charge is -2.09. The number of hydrogen-bond donors (Lipinski definition) is 2. The summed E-state index contributed by atoms with van der Waals surface area (Å²) in [6.07, 6.45) is 0.760. The molecule has 2 unspecified atom stereocenters. The van der Waals surface area contributed by atoms with Crippen LogP contribution in [-0.2, 0) is 16.1 Å². The van der Waals surface area contributed by atoms with Gasteiger partial charge in [-0.25, -0.2) is 4.79 Å². The minimum atomic E-state index is -1.04. The molecule has 0 spiro atoms. The summed E-state index contributed by atoms with van der Waals surface area (Å²) in [6.45, 7) is 0.276. The molecule has 0 saturated heterocycles. The summed E-state index contributed by atoms with van der Waals surface area (Å²) in [5.41, 5.74) is 2.33. The van der Waals surface area contributed by atoms with Crippen LogP contribution in [0.3, 0.4) is 0 Å². The largest absolute Gasteiger partial charge is 0.478 e. The molecule has 1 aliphatic rings. The highest BCUT2D eigenvalue weighted by atomic mass is 35.5. The smallest absolute Gasteiger partial charge is 0.335 e. The van der Waals surface area contributed by atoms with Gasteiger partial charge < -0.3 is 15.2 Å². The molecule has 0 radical (unpaired) electrons. The van der Waals surface area contributed by atoms with Gasteiger partial charge in [-0.3, -0.25) is 4.79 Å². The predicted octanol–water partition coefficient (Wildman–Crippen LogP) is 3.93. The Labute approximate surface area is 150 Å². The van der Waals surface area contributed by atoms with Crippen molar-refractivity contribution in [1.82, 2.24) is 0 Å². The number of nitrogens with one attached hydrogen (secondary N) is 1. The van der Waals surface area contributed by atoms with E-state index in [1.54, 1.807) is 12.1 Å². The number of aromatic carboxylic acids is 1. The van der Waals surface area contributed by atoms with Crippen LogP contribution in [0.25, 0.3) is 0 Å². The van der Waals surface area contributed by atoms with E-state index in [9.17, 15) is 14.7 Å². The lowest BCUT2D eigenvalue weighted by atomic mass is 10.1. The molecule has 130 valence electrons. The number of benzene rings is 2. The van der Waals surface area contributed by atoms with Crippen LogP contribution in [0.15, 0.2) is 42.5 Å². The Kier molecular flexibility index (Phi) is 5.06. The Hall–Kier alpha value is -2.37. The van der Waals surface area contributed by atoms with Gasteiger partial charge in [-0.1, -0.05) is 23.7 Å². The van der Waals surface area contributed by atoms with Crippen molar-refractivity contribution in [2.45, 2.75) is 18.9 Å². The first-order valence-electron chi connectivity index (χ1n) is 7.90. The number of carbonyl (C=O) groups is 2. The van der Waals surface area contributed by atoms with Gasteiger partial charge in [-0.2, -0.15) is 0 Å². The van der Waals surface area contributed by atoms with Gasteiger partial charge in [0.05, 0.1) is 12.2 Å². The predicted molar refractivity (Wildman–Crippen MR) is 95.0 cm³/mol. The molecule has 0 aromatic heterocycles. The molecule has 2 N–H and O–H groups in total. The molecular formula is C19H18ClNO4. The van der Waals surface area contributed by atoms with Crippen LogP contribution < -0.4 is 5.32 Å². The number of amides is 1. The lowest BCUT2D eigenvalue weighted by molar-refractivity contribution is -0.117. The Morgan fingerprint density at radius 2 is 2.08 bits per heavy atom. The summed E-state index contributed by atoms with van der Waals surface area (Å²) in [6, 6.07) is 12.2. The summed E-state index contributed by atoms with van der Waals surface area (Å²) in [5, 5.41) is 12.7. The number of carboxylic acid groups (broad SMARTS) is 1. The molecule has 1 amide bonds. The van der Waals surface area contributed by atoms with Crippen LogP contribution in [0.2, 0.25) is 5.02 Å². The zero-order valence-corrected chi connectivity index (χ0v) is 14.4. The second kappa shape index (κ2) is 7.25. The monoisotopic (exact) mass is 359 g/mol. The summed E-state index contributed by atoms with van der Waals surface area (Å²) in [4.78, 5) is 23.7. The van der Waals surface area contributed by atoms with E-state index in [2.05, 4.69) is 5.32 Å². The van der Waals surface area contributed by atoms with Crippen molar-refractivity contribution in [3.63, 3.8) is 0 Å². The number of anilines is 1. The zero-order valence-electron chi connectivity index (χ0n) is 13.7. The maximum Gasteiger partial charge on any atom is 0.335 e. The third kappa shape index (κ3) is 4.18. The molecular weight excluding hydrogens is 342 g/mol. The molecule has 1 aliphatic carbocycles. The van der Waals surface area contributed by atoms with Crippen LogP contribution in [0.1, 0.15) is 33.8 Å². The van der Waals surface area contributed by atoms with Crippen LogP contribution in [0.5, 0.6) is 0 Å². The minimum absolute atomic E-state index is 0.115. The maximum atomic E-state index is 12.5. The molecule has 2 aromatic carbocycles. The van der Waals surface area contributed by atoms with E-state index in [1.807, 2.05) is 18.2 Å². The molecule has 1 saturated carbocycles.